The van der Waals surface area contributed by atoms with Crippen LogP contribution in [0.5, 0.6) is 0 Å². The number of carbonyl (C=O) groups excluding carboxylic acids is 1. The molecule has 0 saturated carbocycles. The minimum Gasteiger partial charge on any atom is -0.459 e. The Kier molecular flexibility index (Phi) is 12.8. The van der Waals surface area contributed by atoms with Crippen molar-refractivity contribution in [1.82, 2.24) is 0 Å². The van der Waals surface area contributed by atoms with E-state index in [-0.39, 0.29) is 146 Å². The Morgan fingerprint density at radius 1 is 0.487 bits per heavy atom. The molecule has 0 aromatic rings. The molecule has 0 aromatic heterocycles. The standard InChI is InChI=1S/C58H82O18/c1-25-13-31-7-9-35-26(2)14-33(62-35)11-12-56-22-43-52(75-56)53-54(68-43)55(76-56)51-36(66-53)10-8-32(64-51)15-46(61)70-50-30(6)49-40(65-39(50)17-37(63-31)29(25)5)18-38-42(67-49)21-58(71-38)23-44-48(74-58)28(4)20-57(73-44)19-27(3)47-41(72-57)16-34(60)45(24-59)69-47/h25,27-28,30-45,47-55,59-60H,2,5,7-24H2,1,3-4,6H3/t25-,27+,28+,30+,31+,32-,33+,34-,35+,36+,37-,38-,39+,40+,41+,42-,43?,44+,45-,47+,48+,49+,50-,51+,52+,53+,54-,55+,56+,57-,58+/m1/s1. The lowest BCUT2D eigenvalue weighted by atomic mass is 9.78. The molecule has 0 radical (unpaired) electrons. The van der Waals surface area contributed by atoms with Crippen molar-refractivity contribution in [2.24, 2.45) is 23.7 Å². The van der Waals surface area contributed by atoms with E-state index in [0.29, 0.717) is 64.2 Å². The maximum Gasteiger partial charge on any atom is 0.308 e. The van der Waals surface area contributed by atoms with Crippen molar-refractivity contribution < 1.29 is 86.1 Å². The third kappa shape index (κ3) is 8.56. The lowest BCUT2D eigenvalue weighted by Crippen LogP contribution is -2.62. The van der Waals surface area contributed by atoms with Gasteiger partial charge in [-0.15, -0.1) is 0 Å². The quantitative estimate of drug-likeness (QED) is 0.258. The average Bonchev–Trinajstić information content (AvgIpc) is 4.36. The number of ether oxygens (including phenoxy) is 15. The van der Waals surface area contributed by atoms with Gasteiger partial charge in [-0.2, -0.15) is 0 Å². The molecule has 0 aliphatic carbocycles. The number of carbonyl (C=O) groups is 1. The highest BCUT2D eigenvalue weighted by Gasteiger charge is 2.70. The summed E-state index contributed by atoms with van der Waals surface area (Å²) in [4.78, 5) is 14.5. The molecule has 16 saturated heterocycles. The van der Waals surface area contributed by atoms with Crippen LogP contribution in [-0.2, 0) is 75.8 Å². The van der Waals surface area contributed by atoms with Crippen molar-refractivity contribution >= 4 is 5.97 Å². The topological polar surface area (TPSA) is 196 Å². The zero-order chi connectivity index (χ0) is 51.7. The zero-order valence-corrected chi connectivity index (χ0v) is 44.7. The molecule has 12 bridgehead atoms. The van der Waals surface area contributed by atoms with Gasteiger partial charge in [0.2, 0.25) is 0 Å². The van der Waals surface area contributed by atoms with Gasteiger partial charge in [-0.25, -0.2) is 0 Å². The van der Waals surface area contributed by atoms with E-state index in [1.807, 2.05) is 0 Å². The van der Waals surface area contributed by atoms with Crippen LogP contribution >= 0.6 is 0 Å². The van der Waals surface area contributed by atoms with Crippen molar-refractivity contribution in [3.8, 4) is 0 Å². The summed E-state index contributed by atoms with van der Waals surface area (Å²) < 4.78 is 103. The van der Waals surface area contributed by atoms with Gasteiger partial charge in [-0.1, -0.05) is 40.9 Å². The monoisotopic (exact) mass is 1070 g/mol. The number of aliphatic hydroxyl groups is 2. The number of esters is 1. The van der Waals surface area contributed by atoms with Crippen molar-refractivity contribution in [3.05, 3.63) is 24.3 Å². The normalized spacial score (nSPS) is 59.3. The molecule has 0 amide bonds. The van der Waals surface area contributed by atoms with Gasteiger partial charge < -0.3 is 81.3 Å². The van der Waals surface area contributed by atoms with E-state index in [1.54, 1.807) is 0 Å². The highest BCUT2D eigenvalue weighted by Crippen LogP contribution is 2.58. The van der Waals surface area contributed by atoms with Gasteiger partial charge >= 0.3 is 5.97 Å². The Bertz CT molecular complexity index is 2270. The summed E-state index contributed by atoms with van der Waals surface area (Å²) in [6.07, 6.45) is 3.22. The first-order valence-corrected chi connectivity index (χ1v) is 29.7. The lowest BCUT2D eigenvalue weighted by Gasteiger charge is -2.54. The summed E-state index contributed by atoms with van der Waals surface area (Å²) in [6.45, 7) is 17.6. The predicted molar refractivity (Wildman–Crippen MR) is 263 cm³/mol. The van der Waals surface area contributed by atoms with E-state index < -0.39 is 60.1 Å². The molecule has 3 spiro atoms. The Labute approximate surface area is 446 Å². The number of aliphatic hydroxyl groups excluding tert-OH is 2. The van der Waals surface area contributed by atoms with Crippen LogP contribution in [0, 0.1) is 23.7 Å². The van der Waals surface area contributed by atoms with Crippen LogP contribution in [0.2, 0.25) is 0 Å². The van der Waals surface area contributed by atoms with Crippen molar-refractivity contribution in [3.63, 3.8) is 0 Å². The first-order valence-electron chi connectivity index (χ1n) is 29.7. The first-order chi connectivity index (χ1) is 36.6. The van der Waals surface area contributed by atoms with Gasteiger partial charge in [0.05, 0.1) is 117 Å². The Morgan fingerprint density at radius 3 is 2.01 bits per heavy atom. The van der Waals surface area contributed by atoms with E-state index >= 15 is 0 Å². The fourth-order valence-electron chi connectivity index (χ4n) is 17.8. The molecule has 0 aromatic carbocycles. The number of fused-ring (bicyclic) bond motifs is 10. The molecule has 18 nitrogen and oxygen atoms in total. The average molecular weight is 1070 g/mol. The largest absolute Gasteiger partial charge is 0.459 e. The van der Waals surface area contributed by atoms with Crippen LogP contribution < -0.4 is 0 Å². The summed E-state index contributed by atoms with van der Waals surface area (Å²) in [5.41, 5.74) is 2.16. The van der Waals surface area contributed by atoms with Gasteiger partial charge in [-0.3, -0.25) is 4.79 Å². The van der Waals surface area contributed by atoms with E-state index in [4.69, 9.17) is 71.1 Å². The van der Waals surface area contributed by atoms with Crippen LogP contribution in [0.3, 0.4) is 0 Å². The van der Waals surface area contributed by atoms with Gasteiger partial charge in [0.25, 0.3) is 0 Å². The smallest absolute Gasteiger partial charge is 0.308 e. The molecule has 16 aliphatic rings. The van der Waals surface area contributed by atoms with E-state index in [2.05, 4.69) is 40.9 Å². The van der Waals surface area contributed by atoms with Crippen LogP contribution in [0.4, 0.5) is 0 Å². The summed E-state index contributed by atoms with van der Waals surface area (Å²) >= 11 is 0. The van der Waals surface area contributed by atoms with Crippen LogP contribution in [-0.4, -0.2) is 187 Å². The summed E-state index contributed by atoms with van der Waals surface area (Å²) in [6, 6.07) is 0. The molecule has 1 unspecified atom stereocenters. The third-order valence-electron chi connectivity index (χ3n) is 21.4. The second-order valence-corrected chi connectivity index (χ2v) is 26.7. The third-order valence-corrected chi connectivity index (χ3v) is 21.4. The predicted octanol–water partition coefficient (Wildman–Crippen LogP) is 5.17. The summed E-state index contributed by atoms with van der Waals surface area (Å²) in [5.74, 6) is -2.71. The molecule has 422 valence electrons. The van der Waals surface area contributed by atoms with Crippen LogP contribution in [0.25, 0.3) is 0 Å². The minimum atomic E-state index is -0.911. The fraction of sp³-hybridized carbons (Fsp3) is 0.914. The fourth-order valence-corrected chi connectivity index (χ4v) is 17.8. The molecule has 16 aliphatic heterocycles. The molecular formula is C58H82O18. The molecule has 16 rings (SSSR count). The maximum absolute atomic E-state index is 14.5. The first kappa shape index (κ1) is 51.2. The van der Waals surface area contributed by atoms with E-state index in [9.17, 15) is 15.0 Å². The van der Waals surface area contributed by atoms with Gasteiger partial charge in [0.15, 0.2) is 17.4 Å². The SMILES string of the molecule is C=C1C[C@@H]2CC[C@@]34CC5O[C@H]6[C@@H](O3)[C@H]3O[C@H](CC[C@@H]3O[C@H]6[C@H]5O4)CC(=O)O[C@@H]3[C@@H](C)[C@@H]4O[C@@H]5C[C@]6(C[C@@H]7O[C@]8(C[C@H](C)[C@@H]9O[C@H](CO)[C@H](O)C[C@@H]9O8)C[C@H](C)[C@@H]7O6)O[C@@H]5C[C@@H]4O[C@H]3C[C@H]3O[C@@H](CC[C@@H]1O2)C[C@@H](C)C3=C. The second kappa shape index (κ2) is 18.9. The molecule has 16 heterocycles. The molecule has 2 N–H and O–H groups in total. The second-order valence-electron chi connectivity index (χ2n) is 26.7. The summed E-state index contributed by atoms with van der Waals surface area (Å²) in [5, 5.41) is 20.6. The van der Waals surface area contributed by atoms with Crippen LogP contribution in [0.15, 0.2) is 24.3 Å². The van der Waals surface area contributed by atoms with Gasteiger partial charge in [-0.05, 0) is 73.8 Å². The maximum atomic E-state index is 14.5. The van der Waals surface area contributed by atoms with Gasteiger partial charge in [0, 0.05) is 63.7 Å². The zero-order valence-electron chi connectivity index (χ0n) is 44.7. The molecule has 31 atom stereocenters. The van der Waals surface area contributed by atoms with E-state index in [0.717, 1.165) is 49.7 Å². The van der Waals surface area contributed by atoms with Gasteiger partial charge in [0.1, 0.15) is 42.7 Å². The number of hydrogen-bond donors (Lipinski definition) is 2. The minimum absolute atomic E-state index is 0.0127. The number of rotatable bonds is 1. The Morgan fingerprint density at radius 2 is 1.16 bits per heavy atom. The Balaban J connectivity index is 0.669. The number of hydrogen-bond acceptors (Lipinski definition) is 18. The van der Waals surface area contributed by atoms with E-state index in [1.165, 1.54) is 0 Å². The van der Waals surface area contributed by atoms with Crippen molar-refractivity contribution in [2.75, 3.05) is 6.61 Å². The van der Waals surface area contributed by atoms with Crippen molar-refractivity contribution in [2.45, 2.75) is 301 Å². The lowest BCUT2D eigenvalue weighted by molar-refractivity contribution is -0.371. The molecular weight excluding hydrogens is 985 g/mol. The molecule has 18 heteroatoms. The molecule has 16 fully saturated rings. The van der Waals surface area contributed by atoms with Crippen LogP contribution in [0.1, 0.15) is 137 Å². The highest BCUT2D eigenvalue weighted by atomic mass is 16.8. The highest BCUT2D eigenvalue weighted by molar-refractivity contribution is 5.70. The Hall–Kier alpha value is -1.69. The molecule has 76 heavy (non-hydrogen) atoms. The summed E-state index contributed by atoms with van der Waals surface area (Å²) in [7, 11) is 0. The van der Waals surface area contributed by atoms with Crippen molar-refractivity contribution in [1.29, 1.82) is 0 Å².